The number of nitrogens with one attached hydrogen (secondary N) is 1. The van der Waals surface area contributed by atoms with Gasteiger partial charge in [0, 0.05) is 34.0 Å². The van der Waals surface area contributed by atoms with Crippen LogP contribution in [0.25, 0.3) is 44.8 Å². The Hall–Kier alpha value is -4.34. The molecule has 0 unspecified atom stereocenters. The van der Waals surface area contributed by atoms with E-state index in [-0.39, 0.29) is 11.7 Å². The van der Waals surface area contributed by atoms with Gasteiger partial charge in [0.05, 0.1) is 22.7 Å². The van der Waals surface area contributed by atoms with Crippen LogP contribution >= 0.6 is 23.1 Å². The Morgan fingerprint density at radius 1 is 0.872 bits per heavy atom. The normalized spacial score (nSPS) is 11.1. The number of para-hydroxylation sites is 1. The molecule has 9 heteroatoms. The van der Waals surface area contributed by atoms with E-state index in [1.165, 1.54) is 23.1 Å². The van der Waals surface area contributed by atoms with Crippen LogP contribution in [0.4, 0.5) is 5.13 Å². The fourth-order valence-electron chi connectivity index (χ4n) is 4.36. The van der Waals surface area contributed by atoms with Crippen molar-refractivity contribution in [2.24, 2.45) is 0 Å². The van der Waals surface area contributed by atoms with Gasteiger partial charge < -0.3 is 9.88 Å². The third kappa shape index (κ3) is 5.32. The molecule has 192 valence electrons. The molecular formula is C30H24N6OS2. The molecule has 0 atom stereocenters. The SMILES string of the molecule is CCn1c(SCC(=O)Nc2nc(-c3ccccc3)cs2)nnc1-c1cc(-c2ccccc2)nc2ccccc12. The van der Waals surface area contributed by atoms with Crippen LogP contribution in [0.1, 0.15) is 6.92 Å². The smallest absolute Gasteiger partial charge is 0.236 e. The van der Waals surface area contributed by atoms with Crippen molar-refractivity contribution in [2.75, 3.05) is 11.1 Å². The number of hydrogen-bond donors (Lipinski definition) is 1. The number of pyridine rings is 1. The van der Waals surface area contributed by atoms with Crippen LogP contribution in [0.15, 0.2) is 102 Å². The summed E-state index contributed by atoms with van der Waals surface area (Å²) in [6.07, 6.45) is 0. The molecule has 1 N–H and O–H groups in total. The van der Waals surface area contributed by atoms with Gasteiger partial charge in [-0.25, -0.2) is 9.97 Å². The Kier molecular flexibility index (Phi) is 7.16. The Morgan fingerprint density at radius 3 is 2.31 bits per heavy atom. The van der Waals surface area contributed by atoms with Gasteiger partial charge in [-0.1, -0.05) is 90.6 Å². The minimum atomic E-state index is -0.137. The van der Waals surface area contributed by atoms with Gasteiger partial charge in [0.15, 0.2) is 16.1 Å². The maximum Gasteiger partial charge on any atom is 0.236 e. The number of nitrogens with zero attached hydrogens (tertiary/aromatic N) is 5. The molecule has 0 saturated carbocycles. The largest absolute Gasteiger partial charge is 0.302 e. The molecule has 0 fully saturated rings. The molecule has 3 aromatic heterocycles. The lowest BCUT2D eigenvalue weighted by Crippen LogP contribution is -2.14. The van der Waals surface area contributed by atoms with E-state index in [2.05, 4.69) is 51.7 Å². The predicted molar refractivity (Wildman–Crippen MR) is 159 cm³/mol. The molecule has 7 nitrogen and oxygen atoms in total. The number of rotatable bonds is 8. The van der Waals surface area contributed by atoms with E-state index in [9.17, 15) is 4.79 Å². The standard InChI is InChI=1S/C30H24N6OS2/c1-2-36-28(23-17-25(20-11-5-3-6-12-20)31-24-16-10-9-15-22(23)24)34-35-30(36)39-19-27(37)33-29-32-26(18-38-29)21-13-7-4-8-14-21/h3-18H,2,19H2,1H3,(H,32,33,37). The highest BCUT2D eigenvalue weighted by Gasteiger charge is 2.19. The van der Waals surface area contributed by atoms with Gasteiger partial charge in [0.25, 0.3) is 0 Å². The van der Waals surface area contributed by atoms with Gasteiger partial charge in [-0.15, -0.1) is 21.5 Å². The first-order valence-corrected chi connectivity index (χ1v) is 14.4. The molecule has 6 aromatic rings. The van der Waals surface area contributed by atoms with E-state index in [1.54, 1.807) is 0 Å². The summed E-state index contributed by atoms with van der Waals surface area (Å²) < 4.78 is 2.05. The van der Waals surface area contributed by atoms with Crippen LogP contribution in [0.2, 0.25) is 0 Å². The van der Waals surface area contributed by atoms with Crippen molar-refractivity contribution in [2.45, 2.75) is 18.6 Å². The maximum absolute atomic E-state index is 12.8. The number of thioether (sulfide) groups is 1. The number of anilines is 1. The summed E-state index contributed by atoms with van der Waals surface area (Å²) in [5, 5.41) is 16.1. The Morgan fingerprint density at radius 2 is 1.56 bits per heavy atom. The van der Waals surface area contributed by atoms with E-state index in [1.807, 2.05) is 76.7 Å². The molecule has 0 spiro atoms. The van der Waals surface area contributed by atoms with E-state index in [0.29, 0.717) is 16.8 Å². The first kappa shape index (κ1) is 25.0. The van der Waals surface area contributed by atoms with E-state index in [0.717, 1.165) is 44.8 Å². The van der Waals surface area contributed by atoms with Gasteiger partial charge in [0.2, 0.25) is 5.91 Å². The Balaban J connectivity index is 1.23. The minimum Gasteiger partial charge on any atom is -0.302 e. The molecule has 1 amide bonds. The highest BCUT2D eigenvalue weighted by Crippen LogP contribution is 2.33. The highest BCUT2D eigenvalue weighted by atomic mass is 32.2. The number of benzene rings is 3. The van der Waals surface area contributed by atoms with Crippen LogP contribution in [0.5, 0.6) is 0 Å². The number of aromatic nitrogens is 5. The van der Waals surface area contributed by atoms with Crippen molar-refractivity contribution in [1.82, 2.24) is 24.7 Å². The zero-order valence-electron chi connectivity index (χ0n) is 21.1. The van der Waals surface area contributed by atoms with Crippen LogP contribution in [0, 0.1) is 0 Å². The van der Waals surface area contributed by atoms with Gasteiger partial charge in [-0.05, 0) is 19.1 Å². The van der Waals surface area contributed by atoms with E-state index < -0.39 is 0 Å². The molecule has 0 radical (unpaired) electrons. The second-order valence-corrected chi connectivity index (χ2v) is 10.5. The molecular weight excluding hydrogens is 525 g/mol. The topological polar surface area (TPSA) is 85.6 Å². The minimum absolute atomic E-state index is 0.137. The zero-order valence-corrected chi connectivity index (χ0v) is 22.7. The summed E-state index contributed by atoms with van der Waals surface area (Å²) >= 11 is 2.77. The third-order valence-corrected chi connectivity index (χ3v) is 7.94. The second-order valence-electron chi connectivity index (χ2n) is 8.73. The zero-order chi connectivity index (χ0) is 26.6. The average molecular weight is 549 g/mol. The maximum atomic E-state index is 12.8. The Labute approximate surface area is 234 Å². The van der Waals surface area contributed by atoms with Crippen molar-refractivity contribution in [3.05, 3.63) is 96.4 Å². The molecule has 3 heterocycles. The molecule has 0 aliphatic rings. The fourth-order valence-corrected chi connectivity index (χ4v) is 5.89. The van der Waals surface area contributed by atoms with Gasteiger partial charge in [-0.2, -0.15) is 0 Å². The Bertz CT molecular complexity index is 1750. The van der Waals surface area contributed by atoms with Gasteiger partial charge in [0.1, 0.15) is 0 Å². The lowest BCUT2D eigenvalue weighted by molar-refractivity contribution is -0.113. The van der Waals surface area contributed by atoms with E-state index in [4.69, 9.17) is 4.98 Å². The van der Waals surface area contributed by atoms with Crippen molar-refractivity contribution in [1.29, 1.82) is 0 Å². The summed E-state index contributed by atoms with van der Waals surface area (Å²) in [6.45, 7) is 2.72. The molecule has 0 aliphatic carbocycles. The number of fused-ring (bicyclic) bond motifs is 1. The number of carbonyl (C=O) groups excluding carboxylic acids is 1. The molecule has 39 heavy (non-hydrogen) atoms. The lowest BCUT2D eigenvalue weighted by Gasteiger charge is -2.11. The number of hydrogen-bond acceptors (Lipinski definition) is 7. The van der Waals surface area contributed by atoms with Crippen molar-refractivity contribution in [3.8, 4) is 33.9 Å². The van der Waals surface area contributed by atoms with Crippen LogP contribution < -0.4 is 5.32 Å². The summed E-state index contributed by atoms with van der Waals surface area (Å²) in [4.78, 5) is 22.2. The van der Waals surface area contributed by atoms with Crippen molar-refractivity contribution >= 4 is 45.0 Å². The quantitative estimate of drug-likeness (QED) is 0.206. The summed E-state index contributed by atoms with van der Waals surface area (Å²) in [5.41, 5.74) is 5.63. The number of amides is 1. The number of thiazole rings is 1. The van der Waals surface area contributed by atoms with Crippen LogP contribution in [-0.2, 0) is 11.3 Å². The molecule has 0 aliphatic heterocycles. The first-order chi connectivity index (χ1) is 19.2. The van der Waals surface area contributed by atoms with Crippen molar-refractivity contribution in [3.63, 3.8) is 0 Å². The molecule has 0 bridgehead atoms. The summed E-state index contributed by atoms with van der Waals surface area (Å²) in [7, 11) is 0. The fraction of sp³-hybridized carbons (Fsp3) is 0.100. The third-order valence-electron chi connectivity index (χ3n) is 6.21. The summed E-state index contributed by atoms with van der Waals surface area (Å²) in [6, 6.07) is 30.2. The monoisotopic (exact) mass is 548 g/mol. The van der Waals surface area contributed by atoms with Gasteiger partial charge in [-0.3, -0.25) is 4.79 Å². The first-order valence-electron chi connectivity index (χ1n) is 12.5. The highest BCUT2D eigenvalue weighted by molar-refractivity contribution is 7.99. The van der Waals surface area contributed by atoms with E-state index >= 15 is 0 Å². The molecule has 3 aromatic carbocycles. The van der Waals surface area contributed by atoms with Crippen LogP contribution in [-0.4, -0.2) is 36.4 Å². The van der Waals surface area contributed by atoms with Gasteiger partial charge >= 0.3 is 0 Å². The lowest BCUT2D eigenvalue weighted by atomic mass is 10.0. The summed E-state index contributed by atoms with van der Waals surface area (Å²) in [5.74, 6) is 0.815. The molecule has 6 rings (SSSR count). The van der Waals surface area contributed by atoms with Crippen LogP contribution in [0.3, 0.4) is 0 Å². The molecule has 0 saturated heterocycles. The average Bonchev–Trinajstić information content (AvgIpc) is 3.63. The number of carbonyl (C=O) groups is 1. The predicted octanol–water partition coefficient (Wildman–Crippen LogP) is 7.03. The van der Waals surface area contributed by atoms with Crippen molar-refractivity contribution < 1.29 is 4.79 Å². The second kappa shape index (κ2) is 11.2.